The Labute approximate surface area is 191 Å². The van der Waals surface area contributed by atoms with Gasteiger partial charge in [-0.05, 0) is 43.3 Å². The molecule has 4 aromatic heterocycles. The van der Waals surface area contributed by atoms with Crippen LogP contribution < -0.4 is 10.0 Å². The van der Waals surface area contributed by atoms with Crippen molar-refractivity contribution in [2.75, 3.05) is 10.0 Å². The van der Waals surface area contributed by atoms with E-state index < -0.39 is 38.1 Å². The first-order valence-corrected chi connectivity index (χ1v) is 11.3. The van der Waals surface area contributed by atoms with Crippen molar-refractivity contribution in [1.82, 2.24) is 24.9 Å². The van der Waals surface area contributed by atoms with Gasteiger partial charge < -0.3 is 14.7 Å². The fraction of sp³-hybridized carbons (Fsp3) is 0.0476. The Morgan fingerprint density at radius 3 is 2.68 bits per heavy atom. The minimum Gasteiger partial charge on any atom is -0.448 e. The number of hydrogen-bond donors (Lipinski definition) is 3. The molecule has 10 nitrogen and oxygen atoms in total. The number of imidazole rings is 1. The average Bonchev–Trinajstić information content (AvgIpc) is 3.48. The summed E-state index contributed by atoms with van der Waals surface area (Å²) in [6, 6.07) is 7.87. The van der Waals surface area contributed by atoms with Crippen molar-refractivity contribution in [1.29, 1.82) is 0 Å². The third-order valence-corrected chi connectivity index (χ3v) is 6.08. The third-order valence-electron chi connectivity index (χ3n) is 4.85. The van der Waals surface area contributed by atoms with E-state index in [4.69, 9.17) is 4.42 Å². The Hall–Kier alpha value is -4.39. The number of pyridine rings is 1. The van der Waals surface area contributed by atoms with Crippen molar-refractivity contribution < 1.29 is 21.6 Å². The molecule has 5 aromatic rings. The first-order valence-electron chi connectivity index (χ1n) is 9.77. The smallest absolute Gasteiger partial charge is 0.295 e. The summed E-state index contributed by atoms with van der Waals surface area (Å²) >= 11 is 0. The van der Waals surface area contributed by atoms with Gasteiger partial charge in [0.1, 0.15) is 40.6 Å². The lowest BCUT2D eigenvalue weighted by molar-refractivity contribution is 0.430. The number of aryl methyl sites for hydroxylation is 1. The maximum atomic E-state index is 15.3. The number of rotatable bonds is 6. The fourth-order valence-corrected chi connectivity index (χ4v) is 4.32. The van der Waals surface area contributed by atoms with Gasteiger partial charge in [0, 0.05) is 11.8 Å². The lowest BCUT2D eigenvalue weighted by atomic mass is 10.1. The Morgan fingerprint density at radius 1 is 1.03 bits per heavy atom. The summed E-state index contributed by atoms with van der Waals surface area (Å²) in [4.78, 5) is 19.5. The van der Waals surface area contributed by atoms with Gasteiger partial charge in [-0.3, -0.25) is 4.72 Å². The van der Waals surface area contributed by atoms with Crippen LogP contribution in [-0.2, 0) is 10.0 Å². The normalized spacial score (nSPS) is 11.6. The largest absolute Gasteiger partial charge is 0.448 e. The second-order valence-electron chi connectivity index (χ2n) is 7.10. The maximum Gasteiger partial charge on any atom is 0.295 e. The van der Waals surface area contributed by atoms with Gasteiger partial charge in [0.2, 0.25) is 5.09 Å². The summed E-state index contributed by atoms with van der Waals surface area (Å²) in [7, 11) is -4.24. The summed E-state index contributed by atoms with van der Waals surface area (Å²) in [5.41, 5.74) is 0.648. The molecule has 1 aromatic carbocycles. The maximum absolute atomic E-state index is 15.3. The van der Waals surface area contributed by atoms with Crippen LogP contribution in [0, 0.1) is 18.6 Å². The lowest BCUT2D eigenvalue weighted by Crippen LogP contribution is -2.14. The van der Waals surface area contributed by atoms with Crippen LogP contribution in [0.4, 0.5) is 26.0 Å². The standard InChI is InChI=1S/C21H15F2N7O3S/c1-11-4-7-15(33-11)34(31,32)30-14-6-5-13(22)18(16(14)23)29-20-12(3-2-8-24-20)17-19-21(27-9-25-17)28-10-26-19/h2-10,30H,1H3,(H,24,29)(H,25,26,27,28). The molecule has 0 unspecified atom stereocenters. The van der Waals surface area contributed by atoms with Gasteiger partial charge in [-0.15, -0.1) is 0 Å². The first kappa shape index (κ1) is 21.5. The fourth-order valence-electron chi connectivity index (χ4n) is 3.28. The minimum atomic E-state index is -4.24. The van der Waals surface area contributed by atoms with Crippen LogP contribution in [0.25, 0.3) is 22.4 Å². The van der Waals surface area contributed by atoms with Gasteiger partial charge >= 0.3 is 0 Å². The molecule has 3 N–H and O–H groups in total. The highest BCUT2D eigenvalue weighted by Gasteiger charge is 2.23. The van der Waals surface area contributed by atoms with E-state index >= 15 is 4.39 Å². The average molecular weight is 483 g/mol. The number of hydrogen-bond acceptors (Lipinski definition) is 8. The van der Waals surface area contributed by atoms with Crippen molar-refractivity contribution in [2.24, 2.45) is 0 Å². The number of sulfonamides is 1. The van der Waals surface area contributed by atoms with Gasteiger partial charge in [0.15, 0.2) is 11.5 Å². The highest BCUT2D eigenvalue weighted by atomic mass is 32.2. The van der Waals surface area contributed by atoms with E-state index in [2.05, 4.69) is 35.0 Å². The predicted molar refractivity (Wildman–Crippen MR) is 119 cm³/mol. The molecule has 34 heavy (non-hydrogen) atoms. The number of aromatic amines is 1. The molecule has 0 bridgehead atoms. The molecular formula is C21H15F2N7O3S. The zero-order chi connectivity index (χ0) is 23.9. The van der Waals surface area contributed by atoms with E-state index in [-0.39, 0.29) is 5.82 Å². The molecule has 0 atom stereocenters. The topological polar surface area (TPSA) is 139 Å². The van der Waals surface area contributed by atoms with Crippen molar-refractivity contribution >= 4 is 38.4 Å². The quantitative estimate of drug-likeness (QED) is 0.328. The van der Waals surface area contributed by atoms with E-state index in [0.29, 0.717) is 28.2 Å². The number of nitrogens with zero attached hydrogens (tertiary/aromatic N) is 4. The van der Waals surface area contributed by atoms with E-state index in [1.807, 2.05) is 0 Å². The highest BCUT2D eigenvalue weighted by Crippen LogP contribution is 2.34. The number of aromatic nitrogens is 5. The molecule has 4 heterocycles. The molecule has 0 saturated heterocycles. The highest BCUT2D eigenvalue weighted by molar-refractivity contribution is 7.92. The van der Waals surface area contributed by atoms with Gasteiger partial charge in [-0.2, -0.15) is 8.42 Å². The van der Waals surface area contributed by atoms with E-state index in [9.17, 15) is 12.8 Å². The molecule has 0 fully saturated rings. The summed E-state index contributed by atoms with van der Waals surface area (Å²) in [5, 5.41) is 2.22. The van der Waals surface area contributed by atoms with Crippen LogP contribution >= 0.6 is 0 Å². The Balaban J connectivity index is 1.54. The minimum absolute atomic E-state index is 0.0802. The second kappa shape index (κ2) is 8.19. The number of fused-ring (bicyclic) bond motifs is 1. The molecule has 0 aliphatic carbocycles. The van der Waals surface area contributed by atoms with Crippen LogP contribution in [0.3, 0.4) is 0 Å². The lowest BCUT2D eigenvalue weighted by Gasteiger charge is -2.14. The van der Waals surface area contributed by atoms with Crippen LogP contribution in [0.1, 0.15) is 5.76 Å². The first-order chi connectivity index (χ1) is 16.3. The summed E-state index contributed by atoms with van der Waals surface area (Å²) in [6.07, 6.45) is 4.18. The van der Waals surface area contributed by atoms with Crippen LogP contribution in [0.15, 0.2) is 64.8 Å². The summed E-state index contributed by atoms with van der Waals surface area (Å²) in [5.74, 6) is -1.68. The zero-order valence-corrected chi connectivity index (χ0v) is 18.2. The molecule has 13 heteroatoms. The predicted octanol–water partition coefficient (Wildman–Crippen LogP) is 4.14. The molecule has 172 valence electrons. The third kappa shape index (κ3) is 3.81. The molecule has 0 aliphatic rings. The van der Waals surface area contributed by atoms with E-state index in [0.717, 1.165) is 12.1 Å². The number of furan rings is 1. The van der Waals surface area contributed by atoms with Crippen LogP contribution in [-0.4, -0.2) is 33.3 Å². The number of nitrogens with one attached hydrogen (secondary N) is 3. The van der Waals surface area contributed by atoms with Crippen molar-refractivity contribution in [3.8, 4) is 11.3 Å². The Bertz CT molecular complexity index is 1630. The molecule has 0 spiro atoms. The summed E-state index contributed by atoms with van der Waals surface area (Å²) in [6.45, 7) is 1.57. The van der Waals surface area contributed by atoms with Gasteiger partial charge in [-0.25, -0.2) is 28.7 Å². The number of H-pyrrole nitrogens is 1. The van der Waals surface area contributed by atoms with E-state index in [1.54, 1.807) is 19.1 Å². The number of halogens is 2. The monoisotopic (exact) mass is 483 g/mol. The molecule has 0 aliphatic heterocycles. The Morgan fingerprint density at radius 2 is 1.88 bits per heavy atom. The second-order valence-corrected chi connectivity index (χ2v) is 8.72. The molecule has 0 saturated carbocycles. The Kier molecular flexibility index (Phi) is 5.17. The van der Waals surface area contributed by atoms with Crippen molar-refractivity contribution in [2.45, 2.75) is 12.0 Å². The molecule has 0 amide bonds. The van der Waals surface area contributed by atoms with Gasteiger partial charge in [-0.1, -0.05) is 0 Å². The summed E-state index contributed by atoms with van der Waals surface area (Å²) < 4.78 is 62.2. The van der Waals surface area contributed by atoms with Crippen LogP contribution in [0.5, 0.6) is 0 Å². The van der Waals surface area contributed by atoms with Gasteiger partial charge in [0.05, 0.1) is 12.0 Å². The zero-order valence-electron chi connectivity index (χ0n) is 17.4. The molecule has 5 rings (SSSR count). The van der Waals surface area contributed by atoms with E-state index in [1.165, 1.54) is 31.0 Å². The van der Waals surface area contributed by atoms with Gasteiger partial charge in [0.25, 0.3) is 10.0 Å². The SMILES string of the molecule is Cc1ccc(S(=O)(=O)Nc2ccc(F)c(Nc3ncccc3-c3ncnc4nc[nH]c34)c2F)o1. The number of benzene rings is 1. The molecular weight excluding hydrogens is 468 g/mol. The molecule has 0 radical (unpaired) electrons. The van der Waals surface area contributed by atoms with Crippen molar-refractivity contribution in [3.63, 3.8) is 0 Å². The number of anilines is 3. The van der Waals surface area contributed by atoms with Crippen molar-refractivity contribution in [3.05, 3.63) is 72.6 Å². The van der Waals surface area contributed by atoms with Crippen LogP contribution in [0.2, 0.25) is 0 Å².